The first-order valence-electron chi connectivity index (χ1n) is 4.21. The second-order valence-corrected chi connectivity index (χ2v) is 3.32. The first kappa shape index (κ1) is 6.89. The zero-order valence-corrected chi connectivity index (χ0v) is 7.05. The molecule has 0 aromatic carbocycles. The van der Waals surface area contributed by atoms with E-state index in [4.69, 9.17) is 4.42 Å². The Morgan fingerprint density at radius 3 is 2.45 bits per heavy atom. The Hall–Kier alpha value is -0.790. The molecule has 1 aromatic heterocycles. The summed E-state index contributed by atoms with van der Waals surface area (Å²) < 4.78 is 5.51. The fraction of sp³-hybridized carbons (Fsp3) is 0.667. The highest BCUT2D eigenvalue weighted by atomic mass is 16.4. The van der Waals surface area contributed by atoms with Crippen molar-refractivity contribution in [1.82, 2.24) is 4.98 Å². The van der Waals surface area contributed by atoms with E-state index < -0.39 is 0 Å². The van der Waals surface area contributed by atoms with Gasteiger partial charge in [-0.2, -0.15) is 0 Å². The quantitative estimate of drug-likeness (QED) is 0.616. The highest BCUT2D eigenvalue weighted by Crippen LogP contribution is 2.36. The van der Waals surface area contributed by atoms with Crippen molar-refractivity contribution in [2.24, 2.45) is 0 Å². The van der Waals surface area contributed by atoms with Crippen molar-refractivity contribution in [3.8, 4) is 0 Å². The molecule has 1 aliphatic rings. The molecule has 2 heteroatoms. The van der Waals surface area contributed by atoms with Crippen LogP contribution in [0.5, 0.6) is 0 Å². The molecule has 0 atom stereocenters. The average molecular weight is 151 g/mol. The number of oxazole rings is 1. The minimum absolute atomic E-state index is 0.627. The molecule has 0 aliphatic heterocycles. The van der Waals surface area contributed by atoms with Crippen LogP contribution >= 0.6 is 0 Å². The van der Waals surface area contributed by atoms with Gasteiger partial charge in [0.25, 0.3) is 0 Å². The predicted molar refractivity (Wildman–Crippen MR) is 42.6 cm³/mol. The summed E-state index contributed by atoms with van der Waals surface area (Å²) >= 11 is 0. The smallest absolute Gasteiger partial charge is 0.197 e. The SMILES string of the molecule is Cc1nc(C2CCC2)oc1C. The molecule has 0 radical (unpaired) electrons. The summed E-state index contributed by atoms with van der Waals surface area (Å²) in [6.45, 7) is 3.98. The Morgan fingerprint density at radius 1 is 1.36 bits per heavy atom. The van der Waals surface area contributed by atoms with Crippen LogP contribution in [0.4, 0.5) is 0 Å². The van der Waals surface area contributed by atoms with E-state index in [0.29, 0.717) is 5.92 Å². The third kappa shape index (κ3) is 1.06. The Morgan fingerprint density at radius 2 is 2.09 bits per heavy atom. The summed E-state index contributed by atoms with van der Waals surface area (Å²) in [7, 11) is 0. The molecule has 11 heavy (non-hydrogen) atoms. The topological polar surface area (TPSA) is 26.0 Å². The van der Waals surface area contributed by atoms with Gasteiger partial charge in [0.1, 0.15) is 5.76 Å². The van der Waals surface area contributed by atoms with Crippen molar-refractivity contribution in [1.29, 1.82) is 0 Å². The fourth-order valence-electron chi connectivity index (χ4n) is 1.33. The van der Waals surface area contributed by atoms with E-state index in [0.717, 1.165) is 17.3 Å². The molecule has 0 N–H and O–H groups in total. The van der Waals surface area contributed by atoms with Crippen LogP contribution in [0.15, 0.2) is 4.42 Å². The minimum atomic E-state index is 0.627. The lowest BCUT2D eigenvalue weighted by atomic mass is 9.85. The molecule has 0 saturated heterocycles. The van der Waals surface area contributed by atoms with Gasteiger partial charge >= 0.3 is 0 Å². The van der Waals surface area contributed by atoms with Gasteiger partial charge in [0.2, 0.25) is 0 Å². The second kappa shape index (κ2) is 2.36. The van der Waals surface area contributed by atoms with Crippen molar-refractivity contribution in [3.05, 3.63) is 17.3 Å². The first-order valence-corrected chi connectivity index (χ1v) is 4.21. The van der Waals surface area contributed by atoms with Gasteiger partial charge in [-0.25, -0.2) is 4.98 Å². The van der Waals surface area contributed by atoms with Crippen molar-refractivity contribution in [2.45, 2.75) is 39.0 Å². The number of rotatable bonds is 1. The molecule has 1 aromatic rings. The summed E-state index contributed by atoms with van der Waals surface area (Å²) in [6.07, 6.45) is 3.87. The fourth-order valence-corrected chi connectivity index (χ4v) is 1.33. The Kier molecular flexibility index (Phi) is 1.48. The molecular weight excluding hydrogens is 138 g/mol. The predicted octanol–water partition coefficient (Wildman–Crippen LogP) is 2.56. The van der Waals surface area contributed by atoms with Crippen LogP contribution in [-0.2, 0) is 0 Å². The number of hydrogen-bond donors (Lipinski definition) is 0. The van der Waals surface area contributed by atoms with E-state index in [9.17, 15) is 0 Å². The lowest BCUT2D eigenvalue weighted by Gasteiger charge is -2.21. The molecule has 0 unspecified atom stereocenters. The van der Waals surface area contributed by atoms with Gasteiger partial charge in [0.05, 0.1) is 5.69 Å². The maximum atomic E-state index is 5.51. The van der Waals surface area contributed by atoms with Crippen LogP contribution in [0.1, 0.15) is 42.5 Å². The summed E-state index contributed by atoms with van der Waals surface area (Å²) in [4.78, 5) is 4.37. The third-order valence-electron chi connectivity index (χ3n) is 2.50. The summed E-state index contributed by atoms with van der Waals surface area (Å²) in [5.74, 6) is 2.57. The van der Waals surface area contributed by atoms with E-state index in [1.165, 1.54) is 19.3 Å². The maximum Gasteiger partial charge on any atom is 0.197 e. The summed E-state index contributed by atoms with van der Waals surface area (Å²) in [5, 5.41) is 0. The maximum absolute atomic E-state index is 5.51. The van der Waals surface area contributed by atoms with E-state index in [1.807, 2.05) is 13.8 Å². The summed E-state index contributed by atoms with van der Waals surface area (Å²) in [6, 6.07) is 0. The molecule has 1 aliphatic carbocycles. The highest BCUT2D eigenvalue weighted by molar-refractivity contribution is 5.09. The van der Waals surface area contributed by atoms with Gasteiger partial charge in [-0.3, -0.25) is 0 Å². The minimum Gasteiger partial charge on any atom is -0.445 e. The molecule has 0 amide bonds. The molecule has 60 valence electrons. The monoisotopic (exact) mass is 151 g/mol. The number of aromatic nitrogens is 1. The van der Waals surface area contributed by atoms with Crippen LogP contribution in [0.3, 0.4) is 0 Å². The van der Waals surface area contributed by atoms with Crippen LogP contribution < -0.4 is 0 Å². The van der Waals surface area contributed by atoms with E-state index >= 15 is 0 Å². The molecule has 0 bridgehead atoms. The summed E-state index contributed by atoms with van der Waals surface area (Å²) in [5.41, 5.74) is 1.05. The molecule has 2 nitrogen and oxygen atoms in total. The lowest BCUT2D eigenvalue weighted by Crippen LogP contribution is -2.08. The van der Waals surface area contributed by atoms with Crippen LogP contribution in [0.2, 0.25) is 0 Å². The lowest BCUT2D eigenvalue weighted by molar-refractivity contribution is 0.329. The van der Waals surface area contributed by atoms with Crippen molar-refractivity contribution in [2.75, 3.05) is 0 Å². The van der Waals surface area contributed by atoms with Crippen molar-refractivity contribution < 1.29 is 4.42 Å². The first-order chi connectivity index (χ1) is 5.27. The number of nitrogens with zero attached hydrogens (tertiary/aromatic N) is 1. The Labute approximate surface area is 66.6 Å². The Balaban J connectivity index is 2.24. The van der Waals surface area contributed by atoms with Crippen LogP contribution in [0.25, 0.3) is 0 Å². The van der Waals surface area contributed by atoms with Crippen molar-refractivity contribution >= 4 is 0 Å². The zero-order chi connectivity index (χ0) is 7.84. The van der Waals surface area contributed by atoms with Crippen LogP contribution in [0, 0.1) is 13.8 Å². The zero-order valence-electron chi connectivity index (χ0n) is 7.05. The Bertz CT molecular complexity index is 241. The van der Waals surface area contributed by atoms with Gasteiger partial charge in [-0.15, -0.1) is 0 Å². The normalized spacial score (nSPS) is 18.4. The van der Waals surface area contributed by atoms with Gasteiger partial charge in [0, 0.05) is 5.92 Å². The van der Waals surface area contributed by atoms with Gasteiger partial charge in [-0.05, 0) is 26.7 Å². The molecule has 2 rings (SSSR count). The van der Waals surface area contributed by atoms with Crippen LogP contribution in [-0.4, -0.2) is 4.98 Å². The molecule has 0 spiro atoms. The number of hydrogen-bond acceptors (Lipinski definition) is 2. The van der Waals surface area contributed by atoms with E-state index in [-0.39, 0.29) is 0 Å². The highest BCUT2D eigenvalue weighted by Gasteiger charge is 2.24. The average Bonchev–Trinajstić information content (AvgIpc) is 2.08. The van der Waals surface area contributed by atoms with Gasteiger partial charge in [-0.1, -0.05) is 6.42 Å². The molecular formula is C9H13NO. The van der Waals surface area contributed by atoms with E-state index in [1.54, 1.807) is 0 Å². The molecule has 1 heterocycles. The van der Waals surface area contributed by atoms with Gasteiger partial charge in [0.15, 0.2) is 5.89 Å². The molecule has 1 saturated carbocycles. The largest absolute Gasteiger partial charge is 0.445 e. The molecule has 1 fully saturated rings. The number of aryl methyl sites for hydroxylation is 2. The van der Waals surface area contributed by atoms with Crippen molar-refractivity contribution in [3.63, 3.8) is 0 Å². The van der Waals surface area contributed by atoms with E-state index in [2.05, 4.69) is 4.98 Å². The second-order valence-electron chi connectivity index (χ2n) is 3.32. The standard InChI is InChI=1S/C9H13NO/c1-6-7(2)11-9(10-6)8-4-3-5-8/h8H,3-5H2,1-2H3. The third-order valence-corrected chi connectivity index (χ3v) is 2.50. The van der Waals surface area contributed by atoms with Gasteiger partial charge < -0.3 is 4.42 Å².